The summed E-state index contributed by atoms with van der Waals surface area (Å²) in [6.45, 7) is 4.11. The van der Waals surface area contributed by atoms with E-state index in [-0.39, 0.29) is 12.2 Å². The Balaban J connectivity index is 1.58. The minimum atomic E-state index is -0.701. The molecule has 0 bridgehead atoms. The Hall–Kier alpha value is -3.41. The van der Waals surface area contributed by atoms with Gasteiger partial charge in [-0.3, -0.25) is 9.36 Å². The largest absolute Gasteiger partial charge is 0.493 e. The first-order valence-corrected chi connectivity index (χ1v) is 15.1. The summed E-state index contributed by atoms with van der Waals surface area (Å²) in [6.07, 6.45) is 1.80. The van der Waals surface area contributed by atoms with Crippen LogP contribution in [0.5, 0.6) is 11.5 Å². The number of allylic oxidation sites excluding steroid dienone is 1. The van der Waals surface area contributed by atoms with Gasteiger partial charge in [-0.05, 0) is 83.5 Å². The highest BCUT2D eigenvalue weighted by Crippen LogP contribution is 2.35. The molecule has 1 aliphatic heterocycles. The van der Waals surface area contributed by atoms with E-state index in [1.54, 1.807) is 43.7 Å². The van der Waals surface area contributed by atoms with Crippen molar-refractivity contribution in [3.05, 3.63) is 123 Å². The van der Waals surface area contributed by atoms with E-state index in [0.29, 0.717) is 43.7 Å². The van der Waals surface area contributed by atoms with Crippen molar-refractivity contribution >= 4 is 57.6 Å². The molecule has 0 saturated carbocycles. The molecule has 4 aromatic rings. The molecule has 0 fully saturated rings. The maximum atomic E-state index is 13.9. The second-order valence-electron chi connectivity index (χ2n) is 9.16. The number of carbonyl (C=O) groups is 1. The molecule has 3 aromatic carbocycles. The van der Waals surface area contributed by atoms with Crippen LogP contribution >= 0.6 is 45.5 Å². The van der Waals surface area contributed by atoms with Crippen LogP contribution in [0.3, 0.4) is 0 Å². The number of benzene rings is 3. The zero-order valence-corrected chi connectivity index (χ0v) is 26.2. The number of halogens is 2. The summed E-state index contributed by atoms with van der Waals surface area (Å²) in [4.78, 5) is 32.1. The minimum Gasteiger partial charge on any atom is -0.493 e. The molecule has 0 N–H and O–H groups in total. The average molecular weight is 701 g/mol. The van der Waals surface area contributed by atoms with Crippen molar-refractivity contribution < 1.29 is 19.0 Å². The van der Waals surface area contributed by atoms with E-state index in [0.717, 1.165) is 20.3 Å². The Kier molecular flexibility index (Phi) is 8.96. The lowest BCUT2D eigenvalue weighted by molar-refractivity contribution is -0.139. The van der Waals surface area contributed by atoms with Gasteiger partial charge in [0.2, 0.25) is 0 Å². The van der Waals surface area contributed by atoms with Crippen molar-refractivity contribution in [1.82, 2.24) is 4.57 Å². The Bertz CT molecular complexity index is 1810. The number of nitrogens with zero attached hydrogens (tertiary/aromatic N) is 2. The summed E-state index contributed by atoms with van der Waals surface area (Å²) in [7, 11) is 1.59. The zero-order chi connectivity index (χ0) is 29.1. The van der Waals surface area contributed by atoms with E-state index in [1.165, 1.54) is 11.3 Å². The Morgan fingerprint density at radius 1 is 1.15 bits per heavy atom. The maximum Gasteiger partial charge on any atom is 0.338 e. The van der Waals surface area contributed by atoms with Gasteiger partial charge >= 0.3 is 5.97 Å². The lowest BCUT2D eigenvalue weighted by Crippen LogP contribution is -2.39. The third kappa shape index (κ3) is 6.12. The Labute approximate surface area is 259 Å². The SMILES string of the molecule is CCOC(=O)C1=C(C)N=c2s/c(=C/c3cc(I)c(OCc4ccccc4)c(OC)c3)c(=O)n2[C@@H]1c1ccc(Cl)cc1. The molecular formula is C31H26ClIN2O5S. The number of aromatic nitrogens is 1. The third-order valence-corrected chi connectivity index (χ3v) is 8.51. The van der Waals surface area contributed by atoms with Crippen LogP contribution in [0, 0.1) is 3.57 Å². The first kappa shape index (κ1) is 29.1. The lowest BCUT2D eigenvalue weighted by atomic mass is 9.96. The number of ether oxygens (including phenoxy) is 3. The van der Waals surface area contributed by atoms with E-state index in [9.17, 15) is 9.59 Å². The molecule has 7 nitrogen and oxygen atoms in total. The van der Waals surface area contributed by atoms with Gasteiger partial charge in [0.15, 0.2) is 16.3 Å². The highest BCUT2D eigenvalue weighted by Gasteiger charge is 2.33. The lowest BCUT2D eigenvalue weighted by Gasteiger charge is -2.24. The highest BCUT2D eigenvalue weighted by atomic mass is 127. The van der Waals surface area contributed by atoms with Gasteiger partial charge in [0.05, 0.1) is 39.1 Å². The Morgan fingerprint density at radius 2 is 1.88 bits per heavy atom. The van der Waals surface area contributed by atoms with Gasteiger partial charge in [-0.2, -0.15) is 0 Å². The van der Waals surface area contributed by atoms with Crippen LogP contribution < -0.4 is 24.4 Å². The van der Waals surface area contributed by atoms with E-state index in [2.05, 4.69) is 27.6 Å². The normalized spacial score (nSPS) is 14.9. The molecule has 1 atom stereocenters. The maximum absolute atomic E-state index is 13.9. The van der Waals surface area contributed by atoms with Crippen molar-refractivity contribution in [1.29, 1.82) is 0 Å². The van der Waals surface area contributed by atoms with E-state index in [4.69, 9.17) is 25.8 Å². The fraction of sp³-hybridized carbons (Fsp3) is 0.194. The monoisotopic (exact) mass is 700 g/mol. The topological polar surface area (TPSA) is 79.1 Å². The number of thiazole rings is 1. The van der Waals surface area contributed by atoms with Crippen LogP contribution in [-0.2, 0) is 16.1 Å². The van der Waals surface area contributed by atoms with E-state index < -0.39 is 12.0 Å². The van der Waals surface area contributed by atoms with Gasteiger partial charge in [0, 0.05) is 5.02 Å². The van der Waals surface area contributed by atoms with E-state index >= 15 is 0 Å². The summed E-state index contributed by atoms with van der Waals surface area (Å²) in [6, 6.07) is 20.1. The molecule has 210 valence electrons. The third-order valence-electron chi connectivity index (χ3n) is 6.48. The smallest absolute Gasteiger partial charge is 0.338 e. The number of carbonyl (C=O) groups excluding carboxylic acids is 1. The molecule has 0 aliphatic carbocycles. The van der Waals surface area contributed by atoms with Crippen molar-refractivity contribution in [3.8, 4) is 11.5 Å². The first-order valence-electron chi connectivity index (χ1n) is 12.8. The molecule has 41 heavy (non-hydrogen) atoms. The zero-order valence-electron chi connectivity index (χ0n) is 22.5. The molecule has 0 spiro atoms. The van der Waals surface area contributed by atoms with Gasteiger partial charge in [0.1, 0.15) is 6.61 Å². The molecular weight excluding hydrogens is 675 g/mol. The van der Waals surface area contributed by atoms with Gasteiger partial charge in [-0.1, -0.05) is 65.4 Å². The number of esters is 1. The van der Waals surface area contributed by atoms with Crippen LogP contribution in [0.15, 0.2) is 87.8 Å². The van der Waals surface area contributed by atoms with Crippen LogP contribution in [0.4, 0.5) is 0 Å². The first-order chi connectivity index (χ1) is 19.8. The quantitative estimate of drug-likeness (QED) is 0.176. The standard InChI is InChI=1S/C31H26ClIN2O5S/c1-4-39-30(37)26-18(2)34-31-35(27(26)21-10-12-22(32)13-11-21)29(36)25(41-31)16-20-14-23(33)28(24(15-20)38-3)40-17-19-8-6-5-7-9-19/h5-16,27H,4,17H2,1-3H3/b25-16+/t27-/m1/s1. The minimum absolute atomic E-state index is 0.207. The van der Waals surface area contributed by atoms with Crippen LogP contribution in [0.25, 0.3) is 6.08 Å². The number of methoxy groups -OCH3 is 1. The van der Waals surface area contributed by atoms with Crippen molar-refractivity contribution in [2.75, 3.05) is 13.7 Å². The molecule has 1 aromatic heterocycles. The molecule has 0 radical (unpaired) electrons. The highest BCUT2D eigenvalue weighted by molar-refractivity contribution is 14.1. The summed E-state index contributed by atoms with van der Waals surface area (Å²) in [5.74, 6) is 0.688. The van der Waals surface area contributed by atoms with Gasteiger partial charge < -0.3 is 14.2 Å². The van der Waals surface area contributed by atoms with Gasteiger partial charge in [-0.25, -0.2) is 9.79 Å². The predicted molar refractivity (Wildman–Crippen MR) is 168 cm³/mol. The van der Waals surface area contributed by atoms with E-state index in [1.807, 2.05) is 54.6 Å². The second-order valence-corrected chi connectivity index (χ2v) is 11.8. The second kappa shape index (κ2) is 12.6. The van der Waals surface area contributed by atoms with Crippen molar-refractivity contribution in [3.63, 3.8) is 0 Å². The number of fused-ring (bicyclic) bond motifs is 1. The van der Waals surface area contributed by atoms with Crippen LogP contribution in [0.2, 0.25) is 5.02 Å². The van der Waals surface area contributed by atoms with Gasteiger partial charge in [0.25, 0.3) is 5.56 Å². The predicted octanol–water partition coefficient (Wildman–Crippen LogP) is 5.64. The number of hydrogen-bond donors (Lipinski definition) is 0. The summed E-state index contributed by atoms with van der Waals surface area (Å²) in [5, 5.41) is 0.555. The van der Waals surface area contributed by atoms with Crippen molar-refractivity contribution in [2.45, 2.75) is 26.5 Å². The van der Waals surface area contributed by atoms with Gasteiger partial charge in [-0.15, -0.1) is 0 Å². The number of hydrogen-bond acceptors (Lipinski definition) is 7. The molecule has 10 heteroatoms. The van der Waals surface area contributed by atoms with Crippen molar-refractivity contribution in [2.24, 2.45) is 4.99 Å². The summed E-state index contributed by atoms with van der Waals surface area (Å²) >= 11 is 9.61. The molecule has 1 aliphatic rings. The summed E-state index contributed by atoms with van der Waals surface area (Å²) < 4.78 is 20.0. The van der Waals surface area contributed by atoms with Crippen LogP contribution in [-0.4, -0.2) is 24.3 Å². The molecule has 0 amide bonds. The number of rotatable bonds is 8. The Morgan fingerprint density at radius 3 is 2.56 bits per heavy atom. The average Bonchev–Trinajstić information content (AvgIpc) is 3.26. The summed E-state index contributed by atoms with van der Waals surface area (Å²) in [5.41, 5.74) is 3.12. The van der Waals surface area contributed by atoms with Crippen LogP contribution in [0.1, 0.15) is 36.6 Å². The fourth-order valence-corrected chi connectivity index (χ4v) is 6.55. The molecule has 5 rings (SSSR count). The molecule has 0 unspecified atom stereocenters. The fourth-order valence-electron chi connectivity index (χ4n) is 4.60. The molecule has 2 heterocycles. The molecule has 0 saturated heterocycles.